The first-order valence-corrected chi connectivity index (χ1v) is 13.7. The molecule has 2 aliphatic rings. The summed E-state index contributed by atoms with van der Waals surface area (Å²) in [6.45, 7) is 3.89. The van der Waals surface area contributed by atoms with E-state index in [0.717, 1.165) is 25.7 Å². The van der Waals surface area contributed by atoms with E-state index in [1.54, 1.807) is 24.3 Å². The second-order valence-corrected chi connectivity index (χ2v) is 11.4. The molecule has 5 nitrogen and oxygen atoms in total. The van der Waals surface area contributed by atoms with Gasteiger partial charge in [-0.25, -0.2) is 8.78 Å². The predicted octanol–water partition coefficient (Wildman–Crippen LogP) is 9.44. The standard InChI is InChI=1S/C26H28Cl4F2O5/c1-3-5-7-17(15-9-11-19-23(35-13-33-19)21(15)25(27,28)31)37-18(8-6-4-2)16-10-12-20-24(36-14-34-20)22(16)26(29,30)32/h9-12,17-18H,3-8,13-14H2,1-2H3. The maximum Gasteiger partial charge on any atom is 0.287 e. The molecule has 0 saturated carbocycles. The van der Waals surface area contributed by atoms with Gasteiger partial charge in [-0.15, -0.1) is 0 Å². The zero-order valence-corrected chi connectivity index (χ0v) is 23.5. The number of hydrogen-bond donors (Lipinski definition) is 0. The van der Waals surface area contributed by atoms with Crippen molar-refractivity contribution < 1.29 is 32.5 Å². The predicted molar refractivity (Wildman–Crippen MR) is 140 cm³/mol. The molecule has 0 radical (unpaired) electrons. The fraction of sp³-hybridized carbons (Fsp3) is 0.538. The quantitative estimate of drug-likeness (QED) is 0.227. The fourth-order valence-electron chi connectivity index (χ4n) is 4.67. The van der Waals surface area contributed by atoms with Crippen molar-refractivity contribution in [3.05, 3.63) is 46.5 Å². The lowest BCUT2D eigenvalue weighted by Crippen LogP contribution is -2.19. The van der Waals surface area contributed by atoms with Gasteiger partial charge in [-0.1, -0.05) is 98.1 Å². The van der Waals surface area contributed by atoms with Crippen LogP contribution in [-0.4, -0.2) is 13.6 Å². The molecule has 2 aromatic carbocycles. The number of alkyl halides is 6. The first kappa shape index (κ1) is 28.6. The van der Waals surface area contributed by atoms with E-state index in [0.29, 0.717) is 35.5 Å². The van der Waals surface area contributed by atoms with Crippen LogP contribution in [0.25, 0.3) is 0 Å². The molecule has 2 unspecified atom stereocenters. The van der Waals surface area contributed by atoms with E-state index in [4.69, 9.17) is 70.1 Å². The lowest BCUT2D eigenvalue weighted by Gasteiger charge is -2.30. The van der Waals surface area contributed by atoms with Crippen molar-refractivity contribution in [3.63, 3.8) is 0 Å². The molecule has 0 fully saturated rings. The van der Waals surface area contributed by atoms with Gasteiger partial charge in [0.25, 0.3) is 9.17 Å². The molecule has 0 bridgehead atoms. The molecule has 204 valence electrons. The summed E-state index contributed by atoms with van der Waals surface area (Å²) < 4.78 is 53.3. The van der Waals surface area contributed by atoms with Crippen LogP contribution in [0.1, 0.15) is 86.8 Å². The van der Waals surface area contributed by atoms with Gasteiger partial charge in [-0.05, 0) is 36.1 Å². The van der Waals surface area contributed by atoms with E-state index < -0.39 is 21.4 Å². The van der Waals surface area contributed by atoms with Crippen LogP contribution in [0.4, 0.5) is 8.78 Å². The third kappa shape index (κ3) is 6.27. The Morgan fingerprint density at radius 3 is 1.49 bits per heavy atom. The molecule has 2 atom stereocenters. The summed E-state index contributed by atoms with van der Waals surface area (Å²) in [4.78, 5) is 0. The molecular weight excluding hydrogens is 572 g/mol. The van der Waals surface area contributed by atoms with Crippen molar-refractivity contribution in [1.29, 1.82) is 0 Å². The highest BCUT2D eigenvalue weighted by Crippen LogP contribution is 2.54. The summed E-state index contributed by atoms with van der Waals surface area (Å²) in [5.74, 6) is 0.938. The Morgan fingerprint density at radius 1 is 0.730 bits per heavy atom. The number of ether oxygens (including phenoxy) is 5. The van der Waals surface area contributed by atoms with E-state index in [1.165, 1.54) is 0 Å². The van der Waals surface area contributed by atoms with Crippen LogP contribution in [0, 0.1) is 0 Å². The Balaban J connectivity index is 1.81. The van der Waals surface area contributed by atoms with Gasteiger partial charge >= 0.3 is 0 Å². The first-order chi connectivity index (χ1) is 17.6. The normalized spacial score (nSPS) is 16.2. The van der Waals surface area contributed by atoms with Gasteiger partial charge in [0, 0.05) is 0 Å². The van der Waals surface area contributed by atoms with E-state index >= 15 is 8.78 Å². The lowest BCUT2D eigenvalue weighted by molar-refractivity contribution is -0.0278. The van der Waals surface area contributed by atoms with E-state index in [-0.39, 0.29) is 36.2 Å². The summed E-state index contributed by atoms with van der Waals surface area (Å²) in [5.41, 5.74) is 0.692. The smallest absolute Gasteiger partial charge is 0.287 e. The molecule has 0 spiro atoms. The Labute approximate surface area is 235 Å². The molecule has 2 aliphatic heterocycles. The highest BCUT2D eigenvalue weighted by molar-refractivity contribution is 6.47. The van der Waals surface area contributed by atoms with Crippen LogP contribution in [0.15, 0.2) is 24.3 Å². The van der Waals surface area contributed by atoms with Crippen molar-refractivity contribution >= 4 is 46.4 Å². The van der Waals surface area contributed by atoms with Crippen LogP contribution in [0.5, 0.6) is 23.0 Å². The van der Waals surface area contributed by atoms with Crippen molar-refractivity contribution in [2.75, 3.05) is 13.6 Å². The third-order valence-corrected chi connectivity index (χ3v) is 7.13. The highest BCUT2D eigenvalue weighted by atomic mass is 35.5. The second kappa shape index (κ2) is 11.8. The van der Waals surface area contributed by atoms with Crippen molar-refractivity contribution in [2.45, 2.75) is 73.8 Å². The van der Waals surface area contributed by atoms with E-state index in [1.807, 2.05) is 13.8 Å². The van der Waals surface area contributed by atoms with Gasteiger partial charge in [-0.2, -0.15) is 0 Å². The molecule has 37 heavy (non-hydrogen) atoms. The molecule has 0 aromatic heterocycles. The van der Waals surface area contributed by atoms with Crippen LogP contribution in [0.3, 0.4) is 0 Å². The minimum absolute atomic E-state index is 0.0680. The number of benzene rings is 2. The van der Waals surface area contributed by atoms with Crippen LogP contribution in [0.2, 0.25) is 0 Å². The molecule has 2 heterocycles. The Kier molecular flexibility index (Phi) is 9.12. The number of unbranched alkanes of at least 4 members (excludes halogenated alkanes) is 2. The van der Waals surface area contributed by atoms with Crippen LogP contribution < -0.4 is 18.9 Å². The molecule has 0 saturated heterocycles. The molecule has 11 heteroatoms. The molecule has 0 aliphatic carbocycles. The average Bonchev–Trinajstić information content (AvgIpc) is 3.50. The van der Waals surface area contributed by atoms with E-state index in [9.17, 15) is 0 Å². The fourth-order valence-corrected chi connectivity index (χ4v) is 5.45. The summed E-state index contributed by atoms with van der Waals surface area (Å²) in [5, 5.41) is 0. The maximum absolute atomic E-state index is 15.2. The van der Waals surface area contributed by atoms with Crippen molar-refractivity contribution in [3.8, 4) is 23.0 Å². The molecular formula is C26H28Cl4F2O5. The molecule has 4 rings (SSSR count). The molecule has 2 aromatic rings. The maximum atomic E-state index is 15.2. The number of fused-ring (bicyclic) bond motifs is 2. The van der Waals surface area contributed by atoms with Gasteiger partial charge in [0.1, 0.15) is 0 Å². The van der Waals surface area contributed by atoms with Gasteiger partial charge in [0.05, 0.1) is 23.3 Å². The summed E-state index contributed by atoms with van der Waals surface area (Å²) >= 11 is 24.0. The SMILES string of the molecule is CCCCC(OC(CCCC)c1ccc2c(c1C(F)(Cl)Cl)OCO2)c1ccc2c(c1C(F)(Cl)Cl)OCO2. The minimum Gasteiger partial charge on any atom is -0.454 e. The summed E-state index contributed by atoms with van der Waals surface area (Å²) in [6, 6.07) is 6.67. The van der Waals surface area contributed by atoms with Crippen LogP contribution >= 0.6 is 46.4 Å². The number of halogens is 6. The lowest BCUT2D eigenvalue weighted by atomic mass is 9.94. The van der Waals surface area contributed by atoms with Crippen LogP contribution in [-0.2, 0) is 13.9 Å². The summed E-state index contributed by atoms with van der Waals surface area (Å²) in [6.07, 6.45) is 2.91. The number of rotatable bonds is 12. The first-order valence-electron chi connectivity index (χ1n) is 12.2. The summed E-state index contributed by atoms with van der Waals surface area (Å²) in [7, 11) is 0. The average molecular weight is 600 g/mol. The van der Waals surface area contributed by atoms with Gasteiger partial charge in [-0.3, -0.25) is 0 Å². The third-order valence-electron chi connectivity index (χ3n) is 6.37. The number of hydrogen-bond acceptors (Lipinski definition) is 5. The Bertz CT molecular complexity index is 1020. The van der Waals surface area contributed by atoms with Gasteiger partial charge in [0.2, 0.25) is 13.6 Å². The zero-order valence-electron chi connectivity index (χ0n) is 20.4. The van der Waals surface area contributed by atoms with E-state index in [2.05, 4.69) is 0 Å². The Morgan fingerprint density at radius 2 is 1.14 bits per heavy atom. The molecule has 0 N–H and O–H groups in total. The minimum atomic E-state index is -2.77. The van der Waals surface area contributed by atoms with Crippen molar-refractivity contribution in [2.24, 2.45) is 0 Å². The Hall–Kier alpha value is -1.38. The van der Waals surface area contributed by atoms with Gasteiger partial charge in [0.15, 0.2) is 23.0 Å². The monoisotopic (exact) mass is 598 g/mol. The van der Waals surface area contributed by atoms with Gasteiger partial charge < -0.3 is 23.7 Å². The van der Waals surface area contributed by atoms with Crippen molar-refractivity contribution in [1.82, 2.24) is 0 Å². The zero-order chi connectivity index (χ0) is 26.8. The largest absolute Gasteiger partial charge is 0.454 e. The second-order valence-electron chi connectivity index (χ2n) is 8.92. The topological polar surface area (TPSA) is 46.2 Å². The highest BCUT2D eigenvalue weighted by Gasteiger charge is 2.41. The molecule has 0 amide bonds.